The maximum absolute atomic E-state index is 12.1. The molecule has 0 spiro atoms. The van der Waals surface area contributed by atoms with E-state index in [4.69, 9.17) is 4.74 Å². The molecule has 0 aliphatic heterocycles. The summed E-state index contributed by atoms with van der Waals surface area (Å²) in [5, 5.41) is 5.16. The van der Waals surface area contributed by atoms with Crippen LogP contribution in [0.25, 0.3) is 0 Å². The van der Waals surface area contributed by atoms with Gasteiger partial charge in [-0.1, -0.05) is 29.8 Å². The third-order valence-corrected chi connectivity index (χ3v) is 3.64. The molecule has 6 heteroatoms. The van der Waals surface area contributed by atoms with Crippen molar-refractivity contribution >= 4 is 23.5 Å². The van der Waals surface area contributed by atoms with Gasteiger partial charge in [-0.05, 0) is 50.6 Å². The number of benzene rings is 2. The number of esters is 1. The van der Waals surface area contributed by atoms with Gasteiger partial charge in [0.1, 0.15) is 6.54 Å². The zero-order chi connectivity index (χ0) is 19.1. The number of nitrogens with one attached hydrogen (secondary N) is 2. The van der Waals surface area contributed by atoms with Crippen LogP contribution in [0.1, 0.15) is 28.4 Å². The van der Waals surface area contributed by atoms with Crippen LogP contribution in [0, 0.1) is 13.8 Å². The van der Waals surface area contributed by atoms with E-state index in [1.54, 1.807) is 24.3 Å². The molecule has 2 rings (SSSR count). The molecule has 2 amide bonds. The van der Waals surface area contributed by atoms with Crippen molar-refractivity contribution in [1.82, 2.24) is 5.32 Å². The van der Waals surface area contributed by atoms with Crippen LogP contribution in [0.4, 0.5) is 5.69 Å². The molecule has 0 aliphatic carbocycles. The van der Waals surface area contributed by atoms with Gasteiger partial charge in [-0.3, -0.25) is 14.4 Å². The molecule has 0 saturated carbocycles. The Morgan fingerprint density at radius 1 is 1.00 bits per heavy atom. The molecule has 6 nitrogen and oxygen atoms in total. The summed E-state index contributed by atoms with van der Waals surface area (Å²) in [5.74, 6) is -1.49. The highest BCUT2D eigenvalue weighted by Gasteiger charge is 2.18. The molecule has 0 unspecified atom stereocenters. The van der Waals surface area contributed by atoms with E-state index >= 15 is 0 Å². The minimum absolute atomic E-state index is 0.311. The van der Waals surface area contributed by atoms with E-state index in [1.165, 1.54) is 6.92 Å². The average Bonchev–Trinajstić information content (AvgIpc) is 2.59. The monoisotopic (exact) mass is 354 g/mol. The SMILES string of the molecule is Cc1cccc(NC(=O)[C@@H](C)OC(=O)CNC(=O)c2cccc(C)c2)c1. The van der Waals surface area contributed by atoms with E-state index in [9.17, 15) is 14.4 Å². The molecule has 2 aromatic carbocycles. The van der Waals surface area contributed by atoms with E-state index in [0.29, 0.717) is 11.3 Å². The van der Waals surface area contributed by atoms with Crippen LogP contribution >= 0.6 is 0 Å². The number of hydrogen-bond donors (Lipinski definition) is 2. The molecule has 0 bridgehead atoms. The number of carbonyl (C=O) groups excluding carboxylic acids is 3. The number of amides is 2. The van der Waals surface area contributed by atoms with E-state index < -0.39 is 18.0 Å². The number of hydrogen-bond acceptors (Lipinski definition) is 4. The van der Waals surface area contributed by atoms with Crippen LogP contribution < -0.4 is 10.6 Å². The summed E-state index contributed by atoms with van der Waals surface area (Å²) in [7, 11) is 0. The standard InChI is InChI=1S/C20H22N2O4/c1-13-6-4-8-16(10-13)20(25)21-12-18(23)26-15(3)19(24)22-17-9-5-7-14(2)11-17/h4-11,15H,12H2,1-3H3,(H,21,25)(H,22,24)/t15-/m1/s1. The number of carbonyl (C=O) groups is 3. The fourth-order valence-electron chi connectivity index (χ4n) is 2.30. The molecule has 0 aromatic heterocycles. The summed E-state index contributed by atoms with van der Waals surface area (Å²) < 4.78 is 5.06. The Bertz CT molecular complexity index is 817. The number of aryl methyl sites for hydroxylation is 2. The molecule has 136 valence electrons. The summed E-state index contributed by atoms with van der Waals surface area (Å²) in [6.07, 6.45) is -0.973. The number of anilines is 1. The van der Waals surface area contributed by atoms with Crippen molar-refractivity contribution < 1.29 is 19.1 Å². The minimum atomic E-state index is -0.973. The molecule has 0 radical (unpaired) electrons. The fourth-order valence-corrected chi connectivity index (χ4v) is 2.30. The van der Waals surface area contributed by atoms with E-state index in [-0.39, 0.29) is 12.5 Å². The van der Waals surface area contributed by atoms with Crippen LogP contribution in [-0.4, -0.2) is 30.4 Å². The van der Waals surface area contributed by atoms with Crippen molar-refractivity contribution in [1.29, 1.82) is 0 Å². The second kappa shape index (κ2) is 8.80. The molecule has 2 aromatic rings. The molecule has 0 aliphatic rings. The second-order valence-corrected chi connectivity index (χ2v) is 6.04. The van der Waals surface area contributed by atoms with Crippen molar-refractivity contribution in [3.05, 3.63) is 65.2 Å². The lowest BCUT2D eigenvalue weighted by atomic mass is 10.1. The first-order chi connectivity index (χ1) is 12.3. The van der Waals surface area contributed by atoms with Crippen LogP contribution in [-0.2, 0) is 14.3 Å². The van der Waals surface area contributed by atoms with Gasteiger partial charge in [0.05, 0.1) is 0 Å². The molecule has 0 heterocycles. The van der Waals surface area contributed by atoms with Gasteiger partial charge in [-0.25, -0.2) is 0 Å². The first kappa shape index (κ1) is 19.2. The Kier molecular flexibility index (Phi) is 6.49. The van der Waals surface area contributed by atoms with Crippen molar-refractivity contribution in [2.24, 2.45) is 0 Å². The second-order valence-electron chi connectivity index (χ2n) is 6.04. The van der Waals surface area contributed by atoms with Gasteiger partial charge in [0.15, 0.2) is 6.10 Å². The molecule has 26 heavy (non-hydrogen) atoms. The van der Waals surface area contributed by atoms with Crippen LogP contribution in [0.2, 0.25) is 0 Å². The zero-order valence-corrected chi connectivity index (χ0v) is 15.0. The van der Waals surface area contributed by atoms with Gasteiger partial charge in [0.2, 0.25) is 0 Å². The summed E-state index contributed by atoms with van der Waals surface area (Å²) in [4.78, 5) is 35.9. The maximum atomic E-state index is 12.1. The third-order valence-electron chi connectivity index (χ3n) is 3.64. The Balaban J connectivity index is 1.81. The maximum Gasteiger partial charge on any atom is 0.326 e. The van der Waals surface area contributed by atoms with E-state index in [1.807, 2.05) is 38.1 Å². The van der Waals surface area contributed by atoms with Crippen LogP contribution in [0.15, 0.2) is 48.5 Å². The lowest BCUT2D eigenvalue weighted by molar-refractivity contribution is -0.152. The van der Waals surface area contributed by atoms with Gasteiger partial charge in [-0.2, -0.15) is 0 Å². The Morgan fingerprint density at radius 2 is 1.65 bits per heavy atom. The largest absolute Gasteiger partial charge is 0.451 e. The lowest BCUT2D eigenvalue weighted by Gasteiger charge is -2.14. The highest BCUT2D eigenvalue weighted by Crippen LogP contribution is 2.10. The highest BCUT2D eigenvalue weighted by atomic mass is 16.5. The van der Waals surface area contributed by atoms with E-state index in [0.717, 1.165) is 11.1 Å². The van der Waals surface area contributed by atoms with Crippen molar-refractivity contribution in [3.63, 3.8) is 0 Å². The Morgan fingerprint density at radius 3 is 2.31 bits per heavy atom. The van der Waals surface area contributed by atoms with Gasteiger partial charge >= 0.3 is 5.97 Å². The topological polar surface area (TPSA) is 84.5 Å². The predicted octanol–water partition coefficient (Wildman–Crippen LogP) is 2.60. The number of ether oxygens (including phenoxy) is 1. The Labute approximate surface area is 152 Å². The molecule has 2 N–H and O–H groups in total. The summed E-state index contributed by atoms with van der Waals surface area (Å²) in [5.41, 5.74) is 3.04. The van der Waals surface area contributed by atoms with Crippen molar-refractivity contribution in [2.75, 3.05) is 11.9 Å². The lowest BCUT2D eigenvalue weighted by Crippen LogP contribution is -2.35. The summed E-state index contributed by atoms with van der Waals surface area (Å²) in [6, 6.07) is 14.3. The quantitative estimate of drug-likeness (QED) is 0.781. The molecular formula is C20H22N2O4. The minimum Gasteiger partial charge on any atom is -0.451 e. The van der Waals surface area contributed by atoms with Crippen LogP contribution in [0.3, 0.4) is 0 Å². The summed E-state index contributed by atoms with van der Waals surface area (Å²) >= 11 is 0. The smallest absolute Gasteiger partial charge is 0.326 e. The number of rotatable bonds is 6. The summed E-state index contributed by atoms with van der Waals surface area (Å²) in [6.45, 7) is 4.95. The first-order valence-electron chi connectivity index (χ1n) is 8.27. The highest BCUT2D eigenvalue weighted by molar-refractivity contribution is 5.97. The van der Waals surface area contributed by atoms with Crippen LogP contribution in [0.5, 0.6) is 0 Å². The van der Waals surface area contributed by atoms with Gasteiger partial charge in [-0.15, -0.1) is 0 Å². The zero-order valence-electron chi connectivity index (χ0n) is 15.0. The molecular weight excluding hydrogens is 332 g/mol. The first-order valence-corrected chi connectivity index (χ1v) is 8.27. The molecule has 0 saturated heterocycles. The molecule has 1 atom stereocenters. The van der Waals surface area contributed by atoms with Gasteiger partial charge in [0.25, 0.3) is 11.8 Å². The fraction of sp³-hybridized carbons (Fsp3) is 0.250. The molecule has 0 fully saturated rings. The average molecular weight is 354 g/mol. The van der Waals surface area contributed by atoms with E-state index in [2.05, 4.69) is 10.6 Å². The van der Waals surface area contributed by atoms with Gasteiger partial charge in [0, 0.05) is 11.3 Å². The van der Waals surface area contributed by atoms with Crippen molar-refractivity contribution in [2.45, 2.75) is 26.9 Å². The third kappa shape index (κ3) is 5.73. The normalized spacial score (nSPS) is 11.3. The van der Waals surface area contributed by atoms with Crippen molar-refractivity contribution in [3.8, 4) is 0 Å². The predicted molar refractivity (Wildman–Crippen MR) is 98.9 cm³/mol. The Hall–Kier alpha value is -3.15. The van der Waals surface area contributed by atoms with Gasteiger partial charge < -0.3 is 15.4 Å².